The molecule has 0 atom stereocenters. The third-order valence-corrected chi connectivity index (χ3v) is 4.35. The van der Waals surface area contributed by atoms with Crippen molar-refractivity contribution in [1.82, 2.24) is 10.2 Å². The summed E-state index contributed by atoms with van der Waals surface area (Å²) in [5.74, 6) is 0.519. The molecule has 1 aromatic rings. The van der Waals surface area contributed by atoms with Crippen LogP contribution in [-0.4, -0.2) is 35.5 Å². The molecule has 2 aliphatic heterocycles. The average molecular weight is 260 g/mol. The largest absolute Gasteiger partial charge is 0.508 e. The molecule has 2 aliphatic rings. The number of carbonyl (C=O) groups excluding carboxylic acids is 1. The number of rotatable bonds is 2. The Labute approximate surface area is 113 Å². The van der Waals surface area contributed by atoms with Crippen molar-refractivity contribution in [3.05, 3.63) is 29.8 Å². The number of benzene rings is 1. The van der Waals surface area contributed by atoms with E-state index in [0.29, 0.717) is 13.0 Å². The Morgan fingerprint density at radius 1 is 1.32 bits per heavy atom. The van der Waals surface area contributed by atoms with Gasteiger partial charge in [-0.15, -0.1) is 0 Å². The van der Waals surface area contributed by atoms with E-state index in [4.69, 9.17) is 0 Å². The summed E-state index contributed by atoms with van der Waals surface area (Å²) in [4.78, 5) is 14.1. The van der Waals surface area contributed by atoms with E-state index < -0.39 is 0 Å². The fraction of sp³-hybridized carbons (Fsp3) is 0.533. The second-order valence-electron chi connectivity index (χ2n) is 5.85. The number of hydrogen-bond donors (Lipinski definition) is 2. The Morgan fingerprint density at radius 3 is 2.84 bits per heavy atom. The topological polar surface area (TPSA) is 52.6 Å². The highest BCUT2D eigenvalue weighted by molar-refractivity contribution is 5.79. The maximum Gasteiger partial charge on any atom is 0.223 e. The lowest BCUT2D eigenvalue weighted by atomic mass is 9.78. The van der Waals surface area contributed by atoms with Crippen molar-refractivity contribution in [2.45, 2.75) is 25.8 Å². The zero-order valence-corrected chi connectivity index (χ0v) is 11.1. The van der Waals surface area contributed by atoms with E-state index in [9.17, 15) is 9.90 Å². The first-order valence-electron chi connectivity index (χ1n) is 6.93. The van der Waals surface area contributed by atoms with E-state index in [2.05, 4.69) is 5.32 Å². The van der Waals surface area contributed by atoms with Gasteiger partial charge in [-0.1, -0.05) is 12.1 Å². The van der Waals surface area contributed by atoms with Crippen LogP contribution in [0.25, 0.3) is 0 Å². The Morgan fingerprint density at radius 2 is 2.11 bits per heavy atom. The van der Waals surface area contributed by atoms with E-state index in [1.165, 1.54) is 0 Å². The number of carbonyl (C=O) groups is 1. The molecule has 1 spiro atoms. The van der Waals surface area contributed by atoms with Gasteiger partial charge in [-0.05, 0) is 49.0 Å². The Hall–Kier alpha value is -1.55. The van der Waals surface area contributed by atoms with Crippen LogP contribution >= 0.6 is 0 Å². The minimum atomic E-state index is 0.194. The van der Waals surface area contributed by atoms with Crippen LogP contribution < -0.4 is 5.32 Å². The van der Waals surface area contributed by atoms with Crippen molar-refractivity contribution in [2.75, 3.05) is 19.6 Å². The molecular formula is C15H20N2O2. The molecule has 3 rings (SSSR count). The molecule has 2 fully saturated rings. The zero-order chi connectivity index (χ0) is 13.3. The van der Waals surface area contributed by atoms with Gasteiger partial charge in [-0.2, -0.15) is 0 Å². The number of hydrogen-bond acceptors (Lipinski definition) is 3. The molecule has 4 nitrogen and oxygen atoms in total. The first kappa shape index (κ1) is 12.5. The maximum absolute atomic E-state index is 12.2. The fourth-order valence-electron chi connectivity index (χ4n) is 3.29. The Kier molecular flexibility index (Phi) is 3.19. The minimum absolute atomic E-state index is 0.194. The quantitative estimate of drug-likeness (QED) is 0.847. The van der Waals surface area contributed by atoms with Crippen LogP contribution in [-0.2, 0) is 11.3 Å². The van der Waals surface area contributed by atoms with Gasteiger partial charge in [0.1, 0.15) is 5.75 Å². The maximum atomic E-state index is 12.2. The number of piperidine rings is 1. The monoisotopic (exact) mass is 260 g/mol. The van der Waals surface area contributed by atoms with Crippen LogP contribution in [0.3, 0.4) is 0 Å². The van der Waals surface area contributed by atoms with Crippen molar-refractivity contribution in [3.8, 4) is 5.75 Å². The van der Waals surface area contributed by atoms with Crippen LogP contribution in [0.1, 0.15) is 24.8 Å². The van der Waals surface area contributed by atoms with E-state index in [1.807, 2.05) is 17.0 Å². The Balaban J connectivity index is 1.70. The first-order chi connectivity index (χ1) is 9.17. The number of phenolic OH excluding ortho intramolecular Hbond substituents is 1. The minimum Gasteiger partial charge on any atom is -0.508 e. The third-order valence-electron chi connectivity index (χ3n) is 4.35. The highest BCUT2D eigenvalue weighted by Crippen LogP contribution is 2.39. The summed E-state index contributed by atoms with van der Waals surface area (Å²) in [5, 5.41) is 12.8. The van der Waals surface area contributed by atoms with Crippen molar-refractivity contribution in [1.29, 1.82) is 0 Å². The lowest BCUT2D eigenvalue weighted by Crippen LogP contribution is -2.38. The first-order valence-corrected chi connectivity index (χ1v) is 6.93. The summed E-state index contributed by atoms with van der Waals surface area (Å²) in [6.07, 6.45) is 2.87. The second kappa shape index (κ2) is 4.85. The molecule has 2 saturated heterocycles. The van der Waals surface area contributed by atoms with Gasteiger partial charge < -0.3 is 15.3 Å². The SMILES string of the molecule is O=C1CC2(CCNCC2)CN1Cc1cccc(O)c1. The summed E-state index contributed by atoms with van der Waals surface area (Å²) < 4.78 is 0. The van der Waals surface area contributed by atoms with Gasteiger partial charge in [0.05, 0.1) is 0 Å². The standard InChI is InChI=1S/C15H20N2O2/c18-13-3-1-2-12(8-13)10-17-11-15(9-14(17)19)4-6-16-7-5-15/h1-3,8,16,18H,4-7,9-11H2. The lowest BCUT2D eigenvalue weighted by Gasteiger charge is -2.33. The van der Waals surface area contributed by atoms with Gasteiger partial charge in [0.15, 0.2) is 0 Å². The molecule has 4 heteroatoms. The number of nitrogens with one attached hydrogen (secondary N) is 1. The second-order valence-corrected chi connectivity index (χ2v) is 5.85. The van der Waals surface area contributed by atoms with E-state index in [0.717, 1.165) is 38.0 Å². The molecule has 19 heavy (non-hydrogen) atoms. The molecular weight excluding hydrogens is 240 g/mol. The van der Waals surface area contributed by atoms with Gasteiger partial charge in [0.2, 0.25) is 5.91 Å². The number of likely N-dealkylation sites (tertiary alicyclic amines) is 1. The summed E-state index contributed by atoms with van der Waals surface area (Å²) in [6, 6.07) is 7.18. The van der Waals surface area contributed by atoms with Crippen LogP contribution in [0.4, 0.5) is 0 Å². The van der Waals surface area contributed by atoms with Crippen LogP contribution in [0.15, 0.2) is 24.3 Å². The molecule has 0 bridgehead atoms. The molecule has 1 amide bonds. The molecule has 1 aromatic carbocycles. The average Bonchev–Trinajstić information content (AvgIpc) is 2.66. The van der Waals surface area contributed by atoms with Gasteiger partial charge >= 0.3 is 0 Å². The number of amides is 1. The van der Waals surface area contributed by atoms with Crippen molar-refractivity contribution < 1.29 is 9.90 Å². The normalized spacial score (nSPS) is 22.1. The fourth-order valence-corrected chi connectivity index (χ4v) is 3.29. The molecule has 0 aliphatic carbocycles. The van der Waals surface area contributed by atoms with Gasteiger partial charge in [-0.25, -0.2) is 0 Å². The van der Waals surface area contributed by atoms with Gasteiger partial charge in [0, 0.05) is 19.5 Å². The number of aromatic hydroxyl groups is 1. The van der Waals surface area contributed by atoms with E-state index in [-0.39, 0.29) is 17.1 Å². The van der Waals surface area contributed by atoms with Crippen LogP contribution in [0.2, 0.25) is 0 Å². The van der Waals surface area contributed by atoms with Gasteiger partial charge in [-0.3, -0.25) is 4.79 Å². The third kappa shape index (κ3) is 2.59. The lowest BCUT2D eigenvalue weighted by molar-refractivity contribution is -0.128. The van der Waals surface area contributed by atoms with Crippen LogP contribution in [0, 0.1) is 5.41 Å². The van der Waals surface area contributed by atoms with Gasteiger partial charge in [0.25, 0.3) is 0 Å². The smallest absolute Gasteiger partial charge is 0.223 e. The molecule has 0 saturated carbocycles. The van der Waals surface area contributed by atoms with E-state index in [1.54, 1.807) is 12.1 Å². The number of nitrogens with zero attached hydrogens (tertiary/aromatic N) is 1. The van der Waals surface area contributed by atoms with Crippen molar-refractivity contribution in [2.24, 2.45) is 5.41 Å². The molecule has 2 N–H and O–H groups in total. The molecule has 0 radical (unpaired) electrons. The predicted molar refractivity (Wildman–Crippen MR) is 72.7 cm³/mol. The molecule has 0 aromatic heterocycles. The number of phenols is 1. The van der Waals surface area contributed by atoms with Crippen LogP contribution in [0.5, 0.6) is 5.75 Å². The Bertz CT molecular complexity index is 481. The molecule has 2 heterocycles. The summed E-state index contributed by atoms with van der Waals surface area (Å²) in [5.41, 5.74) is 1.19. The summed E-state index contributed by atoms with van der Waals surface area (Å²) >= 11 is 0. The highest BCUT2D eigenvalue weighted by atomic mass is 16.3. The summed E-state index contributed by atoms with van der Waals surface area (Å²) in [6.45, 7) is 3.52. The molecule has 102 valence electrons. The predicted octanol–water partition coefficient (Wildman–Crippen LogP) is 1.49. The highest BCUT2D eigenvalue weighted by Gasteiger charge is 2.43. The van der Waals surface area contributed by atoms with Crippen molar-refractivity contribution in [3.63, 3.8) is 0 Å². The van der Waals surface area contributed by atoms with Crippen molar-refractivity contribution >= 4 is 5.91 Å². The summed E-state index contributed by atoms with van der Waals surface area (Å²) in [7, 11) is 0. The van der Waals surface area contributed by atoms with E-state index >= 15 is 0 Å². The molecule has 0 unspecified atom stereocenters. The zero-order valence-electron chi connectivity index (χ0n) is 11.1.